The summed E-state index contributed by atoms with van der Waals surface area (Å²) in [5.41, 5.74) is 5.93. The molecule has 0 unspecified atom stereocenters. The predicted octanol–water partition coefficient (Wildman–Crippen LogP) is 4.91. The Bertz CT molecular complexity index is 890. The van der Waals surface area contributed by atoms with E-state index in [4.69, 9.17) is 4.98 Å². The molecule has 0 bridgehead atoms. The lowest BCUT2D eigenvalue weighted by atomic mass is 9.99. The molecule has 4 heteroatoms. The van der Waals surface area contributed by atoms with Crippen molar-refractivity contribution in [2.75, 3.05) is 24.7 Å². The number of hydrogen-bond donors (Lipinski definition) is 0. The van der Waals surface area contributed by atoms with E-state index in [1.807, 2.05) is 18.6 Å². The van der Waals surface area contributed by atoms with Gasteiger partial charge in [-0.15, -0.1) is 11.8 Å². The molecular weight excluding hydrogens is 326 g/mol. The average Bonchev–Trinajstić information content (AvgIpc) is 2.68. The molecule has 1 aliphatic heterocycles. The minimum atomic E-state index is 1.09. The lowest BCUT2D eigenvalue weighted by Crippen LogP contribution is -2.25. The minimum absolute atomic E-state index is 1.09. The van der Waals surface area contributed by atoms with Gasteiger partial charge in [0, 0.05) is 53.8 Å². The molecule has 0 saturated carbocycles. The Balaban J connectivity index is 1.69. The van der Waals surface area contributed by atoms with E-state index in [0.717, 1.165) is 35.5 Å². The highest BCUT2D eigenvalue weighted by Gasteiger charge is 2.16. The number of fused-ring (bicyclic) bond motifs is 1. The summed E-state index contributed by atoms with van der Waals surface area (Å²) in [6, 6.07) is 13.1. The van der Waals surface area contributed by atoms with E-state index in [1.54, 1.807) is 11.8 Å². The first kappa shape index (κ1) is 16.2. The molecule has 126 valence electrons. The quantitative estimate of drug-likeness (QED) is 0.629. The monoisotopic (exact) mass is 347 g/mol. The maximum absolute atomic E-state index is 4.70. The van der Waals surface area contributed by atoms with Gasteiger partial charge >= 0.3 is 0 Å². The minimum Gasteiger partial charge on any atom is -0.359 e. The van der Waals surface area contributed by atoms with Gasteiger partial charge in [0.25, 0.3) is 0 Å². The van der Waals surface area contributed by atoms with E-state index in [1.165, 1.54) is 22.4 Å². The highest BCUT2D eigenvalue weighted by Crippen LogP contribution is 2.30. The van der Waals surface area contributed by atoms with Crippen molar-refractivity contribution in [3.63, 3.8) is 0 Å². The summed E-state index contributed by atoms with van der Waals surface area (Å²) in [6.45, 7) is 1.09. The second-order valence-electron chi connectivity index (χ2n) is 6.42. The van der Waals surface area contributed by atoms with Crippen molar-refractivity contribution in [1.82, 2.24) is 9.97 Å². The van der Waals surface area contributed by atoms with Gasteiger partial charge in [-0.3, -0.25) is 4.98 Å². The molecular formula is C21H21N3S. The maximum atomic E-state index is 4.70. The molecule has 0 N–H and O–H groups in total. The van der Waals surface area contributed by atoms with Crippen LogP contribution >= 0.6 is 11.8 Å². The fourth-order valence-corrected chi connectivity index (χ4v) is 3.75. The fraction of sp³-hybridized carbons (Fsp3) is 0.238. The third kappa shape index (κ3) is 3.27. The zero-order valence-corrected chi connectivity index (χ0v) is 15.4. The Hall–Kier alpha value is -2.33. The van der Waals surface area contributed by atoms with E-state index in [0.29, 0.717) is 0 Å². The van der Waals surface area contributed by atoms with Crippen LogP contribution in [0.1, 0.15) is 12.0 Å². The Morgan fingerprint density at radius 3 is 2.40 bits per heavy atom. The summed E-state index contributed by atoms with van der Waals surface area (Å²) < 4.78 is 0. The van der Waals surface area contributed by atoms with Gasteiger partial charge in [-0.1, -0.05) is 12.1 Å². The highest BCUT2D eigenvalue weighted by molar-refractivity contribution is 7.98. The number of hydrogen-bond acceptors (Lipinski definition) is 4. The number of benzene rings is 1. The number of thioether (sulfide) groups is 1. The second-order valence-corrected chi connectivity index (χ2v) is 7.30. The van der Waals surface area contributed by atoms with Gasteiger partial charge in [0.2, 0.25) is 0 Å². The van der Waals surface area contributed by atoms with Crippen molar-refractivity contribution in [1.29, 1.82) is 0 Å². The van der Waals surface area contributed by atoms with Crippen LogP contribution in [0.15, 0.2) is 59.9 Å². The molecule has 0 radical (unpaired) electrons. The third-order valence-corrected chi connectivity index (χ3v) is 5.48. The van der Waals surface area contributed by atoms with Gasteiger partial charge in [0.15, 0.2) is 0 Å². The molecule has 1 aliphatic rings. The smallest absolute Gasteiger partial charge is 0.131 e. The molecule has 3 heterocycles. The summed E-state index contributed by atoms with van der Waals surface area (Å²) >= 11 is 1.76. The molecule has 1 aromatic carbocycles. The van der Waals surface area contributed by atoms with E-state index >= 15 is 0 Å². The van der Waals surface area contributed by atoms with Crippen molar-refractivity contribution in [3.8, 4) is 22.3 Å². The molecule has 25 heavy (non-hydrogen) atoms. The first-order valence-electron chi connectivity index (χ1n) is 8.54. The van der Waals surface area contributed by atoms with Crippen LogP contribution < -0.4 is 4.90 Å². The Labute approximate surface area is 153 Å². The number of aromatic nitrogens is 2. The van der Waals surface area contributed by atoms with Gasteiger partial charge in [-0.2, -0.15) is 0 Å². The van der Waals surface area contributed by atoms with Crippen molar-refractivity contribution in [2.45, 2.75) is 17.7 Å². The average molecular weight is 347 g/mol. The van der Waals surface area contributed by atoms with Crippen molar-refractivity contribution >= 4 is 17.6 Å². The molecule has 0 saturated heterocycles. The first-order chi connectivity index (χ1) is 12.2. The van der Waals surface area contributed by atoms with Gasteiger partial charge < -0.3 is 4.90 Å². The molecule has 0 amide bonds. The Morgan fingerprint density at radius 1 is 0.920 bits per heavy atom. The zero-order chi connectivity index (χ0) is 17.2. The molecule has 2 aromatic heterocycles. The Morgan fingerprint density at radius 2 is 1.64 bits per heavy atom. The van der Waals surface area contributed by atoms with Gasteiger partial charge in [-0.25, -0.2) is 4.98 Å². The lowest BCUT2D eigenvalue weighted by Gasteiger charge is -2.26. The van der Waals surface area contributed by atoms with Crippen LogP contribution in [0.4, 0.5) is 5.82 Å². The van der Waals surface area contributed by atoms with Gasteiger partial charge in [-0.05, 0) is 54.5 Å². The maximum Gasteiger partial charge on any atom is 0.131 e. The normalized spacial score (nSPS) is 13.6. The molecule has 0 atom stereocenters. The third-order valence-electron chi connectivity index (χ3n) is 4.74. The summed E-state index contributed by atoms with van der Waals surface area (Å²) in [5.74, 6) is 1.12. The number of anilines is 1. The zero-order valence-electron chi connectivity index (χ0n) is 14.6. The molecule has 4 rings (SSSR count). The molecule has 0 aliphatic carbocycles. The standard InChI is InChI=1S/C21H21N3S/c1-24-9-3-4-16-10-19(14-23-21(16)24)18-11-17(12-22-13-18)15-5-7-20(25-2)8-6-15/h5-8,10-14H,3-4,9H2,1-2H3. The number of rotatable bonds is 3. The van der Waals surface area contributed by atoms with Crippen molar-refractivity contribution in [3.05, 3.63) is 60.6 Å². The molecule has 3 aromatic rings. The van der Waals surface area contributed by atoms with E-state index in [2.05, 4.69) is 59.6 Å². The summed E-state index contributed by atoms with van der Waals surface area (Å²) in [5, 5.41) is 0. The number of nitrogens with zero attached hydrogens (tertiary/aromatic N) is 3. The van der Waals surface area contributed by atoms with Gasteiger partial charge in [0.05, 0.1) is 0 Å². The van der Waals surface area contributed by atoms with Crippen LogP contribution in [-0.2, 0) is 6.42 Å². The Kier molecular flexibility index (Phi) is 4.45. The van der Waals surface area contributed by atoms with Crippen LogP contribution in [0.3, 0.4) is 0 Å². The van der Waals surface area contributed by atoms with Crippen LogP contribution in [0.2, 0.25) is 0 Å². The largest absolute Gasteiger partial charge is 0.359 e. The SMILES string of the molecule is CSc1ccc(-c2cncc(-c3cnc4c(c3)CCCN4C)c2)cc1. The number of pyridine rings is 2. The van der Waals surface area contributed by atoms with Crippen molar-refractivity contribution in [2.24, 2.45) is 0 Å². The van der Waals surface area contributed by atoms with Crippen LogP contribution in [0.5, 0.6) is 0 Å². The topological polar surface area (TPSA) is 29.0 Å². The first-order valence-corrected chi connectivity index (χ1v) is 9.77. The molecule has 0 fully saturated rings. The number of aryl methyl sites for hydroxylation is 1. The van der Waals surface area contributed by atoms with E-state index in [9.17, 15) is 0 Å². The second kappa shape index (κ2) is 6.89. The summed E-state index contributed by atoms with van der Waals surface area (Å²) in [4.78, 5) is 12.7. The van der Waals surface area contributed by atoms with Crippen LogP contribution in [-0.4, -0.2) is 29.8 Å². The molecule has 3 nitrogen and oxygen atoms in total. The summed E-state index contributed by atoms with van der Waals surface area (Å²) in [7, 11) is 2.12. The summed E-state index contributed by atoms with van der Waals surface area (Å²) in [6.07, 6.45) is 10.2. The predicted molar refractivity (Wildman–Crippen MR) is 106 cm³/mol. The van der Waals surface area contributed by atoms with Crippen molar-refractivity contribution < 1.29 is 0 Å². The van der Waals surface area contributed by atoms with E-state index in [-0.39, 0.29) is 0 Å². The molecule has 0 spiro atoms. The lowest BCUT2D eigenvalue weighted by molar-refractivity contribution is 0.731. The van der Waals surface area contributed by atoms with E-state index < -0.39 is 0 Å². The fourth-order valence-electron chi connectivity index (χ4n) is 3.34. The highest BCUT2D eigenvalue weighted by atomic mass is 32.2. The van der Waals surface area contributed by atoms with Crippen LogP contribution in [0.25, 0.3) is 22.3 Å². The van der Waals surface area contributed by atoms with Crippen LogP contribution in [0, 0.1) is 0 Å². The van der Waals surface area contributed by atoms with Gasteiger partial charge in [0.1, 0.15) is 5.82 Å².